The standard InChI is InChI=1S/C12H17ClOS/c1-2-9-4-3-7-12(9,14)8-10-5-6-11(13)15-10/h5-6,9,14H,2-4,7-8H2,1H3. The zero-order valence-electron chi connectivity index (χ0n) is 9.00. The quantitative estimate of drug-likeness (QED) is 0.856. The third-order valence-electron chi connectivity index (χ3n) is 3.52. The fourth-order valence-corrected chi connectivity index (χ4v) is 3.90. The molecule has 84 valence electrons. The normalized spacial score (nSPS) is 31.0. The first-order valence-corrected chi connectivity index (χ1v) is 6.80. The summed E-state index contributed by atoms with van der Waals surface area (Å²) in [5, 5.41) is 10.6. The van der Waals surface area contributed by atoms with Gasteiger partial charge in [-0.25, -0.2) is 0 Å². The highest BCUT2D eigenvalue weighted by molar-refractivity contribution is 7.16. The second kappa shape index (κ2) is 4.44. The summed E-state index contributed by atoms with van der Waals surface area (Å²) in [7, 11) is 0. The van der Waals surface area contributed by atoms with Crippen LogP contribution in [0.5, 0.6) is 0 Å². The molecule has 0 saturated heterocycles. The van der Waals surface area contributed by atoms with E-state index in [-0.39, 0.29) is 0 Å². The van der Waals surface area contributed by atoms with Crippen LogP contribution in [-0.4, -0.2) is 10.7 Å². The monoisotopic (exact) mass is 244 g/mol. The van der Waals surface area contributed by atoms with Gasteiger partial charge in [0.25, 0.3) is 0 Å². The van der Waals surface area contributed by atoms with Gasteiger partial charge in [0.15, 0.2) is 0 Å². The van der Waals surface area contributed by atoms with Gasteiger partial charge in [0.2, 0.25) is 0 Å². The molecule has 1 heterocycles. The van der Waals surface area contributed by atoms with E-state index in [0.29, 0.717) is 5.92 Å². The van der Waals surface area contributed by atoms with Gasteiger partial charge in [-0.05, 0) is 30.9 Å². The Hall–Kier alpha value is -0.0500. The summed E-state index contributed by atoms with van der Waals surface area (Å²) in [4.78, 5) is 1.21. The van der Waals surface area contributed by atoms with E-state index in [0.717, 1.165) is 30.0 Å². The second-order valence-corrected chi connectivity index (χ2v) is 6.28. The fourth-order valence-electron chi connectivity index (χ4n) is 2.69. The maximum Gasteiger partial charge on any atom is 0.0931 e. The van der Waals surface area contributed by atoms with Crippen molar-refractivity contribution in [2.75, 3.05) is 0 Å². The zero-order valence-corrected chi connectivity index (χ0v) is 10.6. The molecule has 0 amide bonds. The molecule has 2 atom stereocenters. The summed E-state index contributed by atoms with van der Waals surface area (Å²) in [6, 6.07) is 3.96. The van der Waals surface area contributed by atoms with E-state index < -0.39 is 5.60 Å². The smallest absolute Gasteiger partial charge is 0.0931 e. The summed E-state index contributed by atoms with van der Waals surface area (Å²) >= 11 is 7.49. The summed E-state index contributed by atoms with van der Waals surface area (Å²) in [6.45, 7) is 2.17. The lowest BCUT2D eigenvalue weighted by molar-refractivity contribution is 0.00218. The Balaban J connectivity index is 2.09. The molecular formula is C12H17ClOS. The summed E-state index contributed by atoms with van der Waals surface area (Å²) in [5.74, 6) is 0.471. The highest BCUT2D eigenvalue weighted by Crippen LogP contribution is 2.41. The SMILES string of the molecule is CCC1CCCC1(O)Cc1ccc(Cl)s1. The van der Waals surface area contributed by atoms with Crippen LogP contribution >= 0.6 is 22.9 Å². The Bertz CT molecular complexity index is 336. The molecule has 0 bridgehead atoms. The average molecular weight is 245 g/mol. The summed E-state index contributed by atoms with van der Waals surface area (Å²) in [5.41, 5.74) is -0.469. The van der Waals surface area contributed by atoms with E-state index in [4.69, 9.17) is 11.6 Å². The number of hydrogen-bond donors (Lipinski definition) is 1. The number of rotatable bonds is 3. The average Bonchev–Trinajstić information content (AvgIpc) is 2.73. The van der Waals surface area contributed by atoms with Crippen molar-refractivity contribution in [2.45, 2.75) is 44.6 Å². The highest BCUT2D eigenvalue weighted by Gasteiger charge is 2.40. The molecular weight excluding hydrogens is 228 g/mol. The molecule has 15 heavy (non-hydrogen) atoms. The van der Waals surface area contributed by atoms with Crippen molar-refractivity contribution in [1.29, 1.82) is 0 Å². The number of aliphatic hydroxyl groups is 1. The van der Waals surface area contributed by atoms with Crippen LogP contribution in [0.1, 0.15) is 37.5 Å². The van der Waals surface area contributed by atoms with E-state index in [9.17, 15) is 5.11 Å². The van der Waals surface area contributed by atoms with E-state index in [1.807, 2.05) is 12.1 Å². The molecule has 0 aliphatic heterocycles. The van der Waals surface area contributed by atoms with E-state index in [1.54, 1.807) is 11.3 Å². The Kier molecular flexibility index (Phi) is 3.39. The van der Waals surface area contributed by atoms with E-state index in [2.05, 4.69) is 6.92 Å². The largest absolute Gasteiger partial charge is 0.389 e. The van der Waals surface area contributed by atoms with Crippen molar-refractivity contribution in [3.05, 3.63) is 21.3 Å². The van der Waals surface area contributed by atoms with Crippen molar-refractivity contribution >= 4 is 22.9 Å². The van der Waals surface area contributed by atoms with Crippen LogP contribution in [0.4, 0.5) is 0 Å². The Morgan fingerprint density at radius 1 is 1.60 bits per heavy atom. The molecule has 1 aliphatic rings. The van der Waals surface area contributed by atoms with Gasteiger partial charge in [-0.3, -0.25) is 0 Å². The van der Waals surface area contributed by atoms with Gasteiger partial charge >= 0.3 is 0 Å². The predicted octanol–water partition coefficient (Wildman–Crippen LogP) is 3.89. The van der Waals surface area contributed by atoms with Crippen LogP contribution in [0.15, 0.2) is 12.1 Å². The summed E-state index contributed by atoms with van der Waals surface area (Å²) < 4.78 is 0.819. The Morgan fingerprint density at radius 2 is 2.40 bits per heavy atom. The van der Waals surface area contributed by atoms with Crippen LogP contribution in [0, 0.1) is 5.92 Å². The minimum absolute atomic E-state index is 0.469. The van der Waals surface area contributed by atoms with Gasteiger partial charge in [-0.15, -0.1) is 11.3 Å². The van der Waals surface area contributed by atoms with Crippen LogP contribution in [0.3, 0.4) is 0 Å². The molecule has 1 N–H and O–H groups in total. The molecule has 1 fully saturated rings. The zero-order chi connectivity index (χ0) is 10.9. The molecule has 0 aromatic carbocycles. The van der Waals surface area contributed by atoms with Crippen molar-refractivity contribution < 1.29 is 5.11 Å². The van der Waals surface area contributed by atoms with Gasteiger partial charge in [0.05, 0.1) is 9.94 Å². The van der Waals surface area contributed by atoms with Crippen LogP contribution in [0.25, 0.3) is 0 Å². The van der Waals surface area contributed by atoms with Gasteiger partial charge < -0.3 is 5.11 Å². The first-order chi connectivity index (χ1) is 7.14. The van der Waals surface area contributed by atoms with Gasteiger partial charge in [0, 0.05) is 11.3 Å². The third kappa shape index (κ3) is 2.38. The molecule has 3 heteroatoms. The minimum atomic E-state index is -0.469. The maximum atomic E-state index is 10.6. The van der Waals surface area contributed by atoms with Crippen LogP contribution in [-0.2, 0) is 6.42 Å². The molecule has 2 unspecified atom stereocenters. The summed E-state index contributed by atoms with van der Waals surface area (Å²) in [6.07, 6.45) is 5.14. The number of halogens is 1. The molecule has 2 rings (SSSR count). The molecule has 0 radical (unpaired) electrons. The third-order valence-corrected chi connectivity index (χ3v) is 4.76. The molecule has 1 aliphatic carbocycles. The lowest BCUT2D eigenvalue weighted by atomic mass is 9.85. The Morgan fingerprint density at radius 3 is 3.00 bits per heavy atom. The van der Waals surface area contributed by atoms with E-state index in [1.165, 1.54) is 11.3 Å². The first-order valence-electron chi connectivity index (χ1n) is 5.60. The van der Waals surface area contributed by atoms with Gasteiger partial charge in [-0.2, -0.15) is 0 Å². The Labute approximate surface area is 100 Å². The number of thiophene rings is 1. The van der Waals surface area contributed by atoms with Crippen molar-refractivity contribution in [2.24, 2.45) is 5.92 Å². The fraction of sp³-hybridized carbons (Fsp3) is 0.667. The lowest BCUT2D eigenvalue weighted by Crippen LogP contribution is -2.34. The van der Waals surface area contributed by atoms with Crippen molar-refractivity contribution in [1.82, 2.24) is 0 Å². The van der Waals surface area contributed by atoms with Crippen molar-refractivity contribution in [3.8, 4) is 0 Å². The minimum Gasteiger partial charge on any atom is -0.389 e. The highest BCUT2D eigenvalue weighted by atomic mass is 35.5. The van der Waals surface area contributed by atoms with Crippen molar-refractivity contribution in [3.63, 3.8) is 0 Å². The molecule has 1 saturated carbocycles. The van der Waals surface area contributed by atoms with Gasteiger partial charge in [0.1, 0.15) is 0 Å². The van der Waals surface area contributed by atoms with Gasteiger partial charge in [-0.1, -0.05) is 31.4 Å². The molecule has 1 aromatic rings. The topological polar surface area (TPSA) is 20.2 Å². The van der Waals surface area contributed by atoms with E-state index >= 15 is 0 Å². The number of hydrogen-bond acceptors (Lipinski definition) is 2. The molecule has 0 spiro atoms. The second-order valence-electron chi connectivity index (χ2n) is 4.48. The van der Waals surface area contributed by atoms with Crippen LogP contribution in [0.2, 0.25) is 4.34 Å². The molecule has 1 aromatic heterocycles. The lowest BCUT2D eigenvalue weighted by Gasteiger charge is -2.29. The maximum absolute atomic E-state index is 10.6. The van der Waals surface area contributed by atoms with Crippen LogP contribution < -0.4 is 0 Å². The first kappa shape index (κ1) is 11.4. The molecule has 1 nitrogen and oxygen atoms in total. The predicted molar refractivity (Wildman–Crippen MR) is 65.6 cm³/mol.